The highest BCUT2D eigenvalue weighted by Gasteiger charge is 2.27. The van der Waals surface area contributed by atoms with Gasteiger partial charge in [0, 0.05) is 19.1 Å². The summed E-state index contributed by atoms with van der Waals surface area (Å²) in [7, 11) is -3.10. The monoisotopic (exact) mass is 340 g/mol. The van der Waals surface area contributed by atoms with Crippen LogP contribution in [0.4, 0.5) is 0 Å². The van der Waals surface area contributed by atoms with E-state index in [4.69, 9.17) is 4.74 Å². The third-order valence-electron chi connectivity index (χ3n) is 4.33. The SMILES string of the molecule is Cc1ccc(C)c([C@H]2CN(CCCNS(C)(=O)=O)[C@@H](C)CO2)c1. The van der Waals surface area contributed by atoms with E-state index in [1.165, 1.54) is 22.9 Å². The van der Waals surface area contributed by atoms with E-state index in [0.717, 1.165) is 19.5 Å². The molecule has 1 aliphatic heterocycles. The summed E-state index contributed by atoms with van der Waals surface area (Å²) in [4.78, 5) is 2.39. The number of sulfonamides is 1. The van der Waals surface area contributed by atoms with Crippen molar-refractivity contribution in [3.63, 3.8) is 0 Å². The molecule has 0 spiro atoms. The summed E-state index contributed by atoms with van der Waals surface area (Å²) < 4.78 is 30.8. The van der Waals surface area contributed by atoms with Crippen LogP contribution in [0, 0.1) is 13.8 Å². The molecule has 0 unspecified atom stereocenters. The summed E-state index contributed by atoms with van der Waals surface area (Å²) in [5, 5.41) is 0. The van der Waals surface area contributed by atoms with Crippen LogP contribution in [-0.4, -0.2) is 51.9 Å². The third kappa shape index (κ3) is 5.57. The highest BCUT2D eigenvalue weighted by atomic mass is 32.2. The molecular weight excluding hydrogens is 312 g/mol. The molecule has 2 atom stereocenters. The standard InChI is InChI=1S/C17H28N2O3S/c1-13-6-7-14(2)16(10-13)17-11-19(15(3)12-22-17)9-5-8-18-23(4,20)21/h6-7,10,15,17-18H,5,8-9,11-12H2,1-4H3/t15-,17+/m0/s1. The molecule has 0 saturated carbocycles. The number of ether oxygens (including phenoxy) is 1. The smallest absolute Gasteiger partial charge is 0.208 e. The van der Waals surface area contributed by atoms with Crippen molar-refractivity contribution in [3.8, 4) is 0 Å². The summed E-state index contributed by atoms with van der Waals surface area (Å²) in [5.74, 6) is 0. The Labute approximate surface area is 140 Å². The number of nitrogens with zero attached hydrogens (tertiary/aromatic N) is 1. The second-order valence-electron chi connectivity index (χ2n) is 6.55. The lowest BCUT2D eigenvalue weighted by atomic mass is 9.99. The number of nitrogens with one attached hydrogen (secondary N) is 1. The molecule has 0 amide bonds. The first-order chi connectivity index (χ1) is 10.8. The van der Waals surface area contributed by atoms with Gasteiger partial charge in [-0.15, -0.1) is 0 Å². The van der Waals surface area contributed by atoms with E-state index in [1.54, 1.807) is 0 Å². The zero-order chi connectivity index (χ0) is 17.0. The molecule has 0 aromatic heterocycles. The maximum atomic E-state index is 11.1. The highest BCUT2D eigenvalue weighted by molar-refractivity contribution is 7.88. The average molecular weight is 340 g/mol. The minimum absolute atomic E-state index is 0.0916. The molecule has 1 aliphatic rings. The zero-order valence-corrected chi connectivity index (χ0v) is 15.3. The maximum absolute atomic E-state index is 11.1. The second kappa shape index (κ2) is 7.75. The predicted octanol–water partition coefficient (Wildman–Crippen LogP) is 2.00. The van der Waals surface area contributed by atoms with Crippen molar-refractivity contribution in [2.75, 3.05) is 32.5 Å². The van der Waals surface area contributed by atoms with Crippen LogP contribution in [0.2, 0.25) is 0 Å². The molecule has 6 heteroatoms. The Morgan fingerprint density at radius 2 is 2.09 bits per heavy atom. The predicted molar refractivity (Wildman–Crippen MR) is 93.1 cm³/mol. The van der Waals surface area contributed by atoms with Crippen molar-refractivity contribution in [1.29, 1.82) is 0 Å². The lowest BCUT2D eigenvalue weighted by Crippen LogP contribution is -2.46. The van der Waals surface area contributed by atoms with Gasteiger partial charge in [-0.05, 0) is 44.9 Å². The van der Waals surface area contributed by atoms with Gasteiger partial charge in [-0.25, -0.2) is 13.1 Å². The van der Waals surface area contributed by atoms with Crippen LogP contribution in [0.3, 0.4) is 0 Å². The van der Waals surface area contributed by atoms with Gasteiger partial charge in [0.05, 0.1) is 19.0 Å². The van der Waals surface area contributed by atoms with Gasteiger partial charge in [0.2, 0.25) is 10.0 Å². The van der Waals surface area contributed by atoms with Crippen LogP contribution in [-0.2, 0) is 14.8 Å². The molecule has 130 valence electrons. The van der Waals surface area contributed by atoms with Crippen molar-refractivity contribution < 1.29 is 13.2 Å². The number of hydrogen-bond acceptors (Lipinski definition) is 4. The van der Waals surface area contributed by atoms with Gasteiger partial charge < -0.3 is 4.74 Å². The van der Waals surface area contributed by atoms with E-state index < -0.39 is 10.0 Å². The maximum Gasteiger partial charge on any atom is 0.208 e. The minimum Gasteiger partial charge on any atom is -0.371 e. The summed E-state index contributed by atoms with van der Waals surface area (Å²) in [5.41, 5.74) is 3.77. The van der Waals surface area contributed by atoms with Crippen LogP contribution < -0.4 is 4.72 Å². The molecule has 2 rings (SSSR count). The van der Waals surface area contributed by atoms with Crippen molar-refractivity contribution in [2.45, 2.75) is 39.3 Å². The molecule has 1 fully saturated rings. The van der Waals surface area contributed by atoms with E-state index in [-0.39, 0.29) is 6.10 Å². The van der Waals surface area contributed by atoms with E-state index >= 15 is 0 Å². The minimum atomic E-state index is -3.10. The molecule has 0 bridgehead atoms. The molecule has 1 heterocycles. The van der Waals surface area contributed by atoms with Crippen LogP contribution in [0.1, 0.15) is 36.1 Å². The Balaban J connectivity index is 1.95. The number of rotatable bonds is 6. The summed E-state index contributed by atoms with van der Waals surface area (Å²) >= 11 is 0. The first-order valence-electron chi connectivity index (χ1n) is 8.13. The van der Waals surface area contributed by atoms with E-state index in [0.29, 0.717) is 19.2 Å². The summed E-state index contributed by atoms with van der Waals surface area (Å²) in [6.07, 6.45) is 2.09. The Morgan fingerprint density at radius 3 is 2.78 bits per heavy atom. The lowest BCUT2D eigenvalue weighted by Gasteiger charge is -2.38. The van der Waals surface area contributed by atoms with Gasteiger partial charge >= 0.3 is 0 Å². The topological polar surface area (TPSA) is 58.6 Å². The number of aryl methyl sites for hydroxylation is 2. The first-order valence-corrected chi connectivity index (χ1v) is 10.0. The average Bonchev–Trinajstić information content (AvgIpc) is 2.47. The van der Waals surface area contributed by atoms with Gasteiger partial charge in [-0.1, -0.05) is 23.8 Å². The van der Waals surface area contributed by atoms with Gasteiger partial charge in [0.15, 0.2) is 0 Å². The van der Waals surface area contributed by atoms with Crippen LogP contribution >= 0.6 is 0 Å². The normalized spacial score (nSPS) is 23.1. The van der Waals surface area contributed by atoms with Gasteiger partial charge in [0.1, 0.15) is 0 Å². The highest BCUT2D eigenvalue weighted by Crippen LogP contribution is 2.28. The Hall–Kier alpha value is -0.950. The van der Waals surface area contributed by atoms with E-state index in [9.17, 15) is 8.42 Å². The van der Waals surface area contributed by atoms with Crippen LogP contribution in [0.15, 0.2) is 18.2 Å². The second-order valence-corrected chi connectivity index (χ2v) is 8.38. The molecule has 5 nitrogen and oxygen atoms in total. The van der Waals surface area contributed by atoms with Crippen molar-refractivity contribution in [3.05, 3.63) is 34.9 Å². The van der Waals surface area contributed by atoms with Crippen LogP contribution in [0.5, 0.6) is 0 Å². The van der Waals surface area contributed by atoms with E-state index in [1.807, 2.05) is 0 Å². The molecule has 1 saturated heterocycles. The molecule has 1 aromatic rings. The number of hydrogen-bond donors (Lipinski definition) is 1. The van der Waals surface area contributed by atoms with Crippen LogP contribution in [0.25, 0.3) is 0 Å². The molecule has 0 radical (unpaired) electrons. The molecule has 23 heavy (non-hydrogen) atoms. The molecule has 0 aliphatic carbocycles. The van der Waals surface area contributed by atoms with Crippen molar-refractivity contribution >= 4 is 10.0 Å². The Morgan fingerprint density at radius 1 is 1.35 bits per heavy atom. The number of morpholine rings is 1. The van der Waals surface area contributed by atoms with Crippen molar-refractivity contribution in [1.82, 2.24) is 9.62 Å². The third-order valence-corrected chi connectivity index (χ3v) is 5.06. The summed E-state index contributed by atoms with van der Waals surface area (Å²) in [6, 6.07) is 6.83. The Kier molecular flexibility index (Phi) is 6.19. The quantitative estimate of drug-likeness (QED) is 0.805. The van der Waals surface area contributed by atoms with Gasteiger partial charge in [0.25, 0.3) is 0 Å². The molecular formula is C17H28N2O3S. The van der Waals surface area contributed by atoms with E-state index in [2.05, 4.69) is 48.6 Å². The first kappa shape index (κ1) is 18.4. The summed E-state index contributed by atoms with van der Waals surface area (Å²) in [6.45, 7) is 9.29. The fourth-order valence-electron chi connectivity index (χ4n) is 2.95. The van der Waals surface area contributed by atoms with Crippen molar-refractivity contribution in [2.24, 2.45) is 0 Å². The largest absolute Gasteiger partial charge is 0.371 e. The Bertz CT molecular complexity index is 631. The molecule has 1 N–H and O–H groups in total. The lowest BCUT2D eigenvalue weighted by molar-refractivity contribution is -0.0603. The zero-order valence-electron chi connectivity index (χ0n) is 14.5. The van der Waals surface area contributed by atoms with Gasteiger partial charge in [-0.2, -0.15) is 0 Å². The number of benzene rings is 1. The fraction of sp³-hybridized carbons (Fsp3) is 0.647. The fourth-order valence-corrected chi connectivity index (χ4v) is 3.47. The molecule has 1 aromatic carbocycles. The van der Waals surface area contributed by atoms with Gasteiger partial charge in [-0.3, -0.25) is 4.90 Å².